The van der Waals surface area contributed by atoms with E-state index in [9.17, 15) is 9.59 Å². The molecule has 0 aliphatic carbocycles. The molecule has 7 heteroatoms. The zero-order chi connectivity index (χ0) is 21.3. The van der Waals surface area contributed by atoms with E-state index in [2.05, 4.69) is 5.32 Å². The molecule has 1 aliphatic rings. The van der Waals surface area contributed by atoms with Gasteiger partial charge in [0, 0.05) is 6.61 Å². The molecular formula is C23H27NO6. The van der Waals surface area contributed by atoms with Crippen molar-refractivity contribution in [1.82, 2.24) is 0 Å². The second-order valence-electron chi connectivity index (χ2n) is 6.94. The van der Waals surface area contributed by atoms with Gasteiger partial charge in [-0.15, -0.1) is 0 Å². The standard InChI is InChI=1S/C23H27NO6/c1-3-27-21-9-5-4-8-20(21)24-22(25)16(2)30-23(26)17-10-12-18(13-11-17)29-15-19-7-6-14-28-19/h4-5,8-13,16,19H,3,6-7,14-15H2,1-2H3,(H,24,25)/t16-,19+/m0/s1. The van der Waals surface area contributed by atoms with Crippen molar-refractivity contribution in [3.8, 4) is 11.5 Å². The van der Waals surface area contributed by atoms with Gasteiger partial charge in [-0.3, -0.25) is 4.79 Å². The molecule has 1 heterocycles. The smallest absolute Gasteiger partial charge is 0.338 e. The van der Waals surface area contributed by atoms with Gasteiger partial charge < -0.3 is 24.3 Å². The number of carbonyl (C=O) groups is 2. The number of benzene rings is 2. The Hall–Kier alpha value is -3.06. The summed E-state index contributed by atoms with van der Waals surface area (Å²) >= 11 is 0. The predicted molar refractivity (Wildman–Crippen MR) is 112 cm³/mol. The SMILES string of the molecule is CCOc1ccccc1NC(=O)[C@H](C)OC(=O)c1ccc(OC[C@H]2CCCO2)cc1. The number of para-hydroxylation sites is 2. The summed E-state index contributed by atoms with van der Waals surface area (Å²) < 4.78 is 22.0. The van der Waals surface area contributed by atoms with Gasteiger partial charge in [0.2, 0.25) is 0 Å². The van der Waals surface area contributed by atoms with Crippen LogP contribution in [0, 0.1) is 0 Å². The van der Waals surface area contributed by atoms with E-state index in [0.717, 1.165) is 19.4 Å². The topological polar surface area (TPSA) is 83.1 Å². The van der Waals surface area contributed by atoms with E-state index in [1.165, 1.54) is 6.92 Å². The number of anilines is 1. The van der Waals surface area contributed by atoms with E-state index in [1.807, 2.05) is 13.0 Å². The van der Waals surface area contributed by atoms with Crippen molar-refractivity contribution >= 4 is 17.6 Å². The molecule has 160 valence electrons. The lowest BCUT2D eigenvalue weighted by atomic mass is 10.2. The fraction of sp³-hybridized carbons (Fsp3) is 0.391. The zero-order valence-corrected chi connectivity index (χ0v) is 17.3. The first-order valence-electron chi connectivity index (χ1n) is 10.1. The molecule has 0 aromatic heterocycles. The molecule has 2 atom stereocenters. The average molecular weight is 413 g/mol. The van der Waals surface area contributed by atoms with E-state index in [-0.39, 0.29) is 6.10 Å². The maximum absolute atomic E-state index is 12.4. The van der Waals surface area contributed by atoms with Crippen LogP contribution in [0.15, 0.2) is 48.5 Å². The highest BCUT2D eigenvalue weighted by Crippen LogP contribution is 2.24. The van der Waals surface area contributed by atoms with Gasteiger partial charge >= 0.3 is 5.97 Å². The van der Waals surface area contributed by atoms with Gasteiger partial charge in [-0.1, -0.05) is 12.1 Å². The quantitative estimate of drug-likeness (QED) is 0.629. The highest BCUT2D eigenvalue weighted by atomic mass is 16.5. The Kier molecular flexibility index (Phi) is 7.68. The molecule has 2 aromatic rings. The molecule has 1 amide bonds. The summed E-state index contributed by atoms with van der Waals surface area (Å²) in [6, 6.07) is 13.7. The van der Waals surface area contributed by atoms with Crippen LogP contribution >= 0.6 is 0 Å². The van der Waals surface area contributed by atoms with Crippen molar-refractivity contribution in [2.24, 2.45) is 0 Å². The summed E-state index contributed by atoms with van der Waals surface area (Å²) in [4.78, 5) is 24.8. The lowest BCUT2D eigenvalue weighted by Crippen LogP contribution is -2.30. The third kappa shape index (κ3) is 5.97. The Morgan fingerprint density at radius 3 is 2.60 bits per heavy atom. The van der Waals surface area contributed by atoms with Crippen LogP contribution in [-0.2, 0) is 14.3 Å². The summed E-state index contributed by atoms with van der Waals surface area (Å²) in [6.07, 6.45) is 1.21. The molecule has 0 saturated carbocycles. The molecular weight excluding hydrogens is 386 g/mol. The monoisotopic (exact) mass is 413 g/mol. The minimum Gasteiger partial charge on any atom is -0.492 e. The molecule has 0 unspecified atom stereocenters. The largest absolute Gasteiger partial charge is 0.492 e. The Bertz CT molecular complexity index is 845. The van der Waals surface area contributed by atoms with Gasteiger partial charge in [-0.05, 0) is 63.1 Å². The summed E-state index contributed by atoms with van der Waals surface area (Å²) in [5, 5.41) is 2.73. The maximum Gasteiger partial charge on any atom is 0.338 e. The van der Waals surface area contributed by atoms with E-state index < -0.39 is 18.0 Å². The number of ether oxygens (including phenoxy) is 4. The lowest BCUT2D eigenvalue weighted by molar-refractivity contribution is -0.123. The zero-order valence-electron chi connectivity index (χ0n) is 17.3. The highest BCUT2D eigenvalue weighted by molar-refractivity contribution is 5.98. The number of rotatable bonds is 9. The van der Waals surface area contributed by atoms with Gasteiger partial charge in [0.05, 0.1) is 24.0 Å². The van der Waals surface area contributed by atoms with Crippen molar-refractivity contribution in [3.63, 3.8) is 0 Å². The Balaban J connectivity index is 1.51. The van der Waals surface area contributed by atoms with Crippen molar-refractivity contribution in [1.29, 1.82) is 0 Å². The fourth-order valence-electron chi connectivity index (χ4n) is 3.02. The first kappa shape index (κ1) is 21.6. The second-order valence-corrected chi connectivity index (χ2v) is 6.94. The van der Waals surface area contributed by atoms with Crippen LogP contribution in [0.4, 0.5) is 5.69 Å². The van der Waals surface area contributed by atoms with E-state index in [0.29, 0.717) is 36.0 Å². The average Bonchev–Trinajstić information content (AvgIpc) is 3.28. The van der Waals surface area contributed by atoms with Crippen LogP contribution in [-0.4, -0.2) is 43.9 Å². The molecule has 2 aromatic carbocycles. The summed E-state index contributed by atoms with van der Waals surface area (Å²) in [5.74, 6) is 0.194. The molecule has 1 fully saturated rings. The first-order valence-corrected chi connectivity index (χ1v) is 10.1. The van der Waals surface area contributed by atoms with E-state index in [1.54, 1.807) is 42.5 Å². The minimum atomic E-state index is -0.970. The van der Waals surface area contributed by atoms with E-state index in [4.69, 9.17) is 18.9 Å². The van der Waals surface area contributed by atoms with Crippen LogP contribution in [0.25, 0.3) is 0 Å². The van der Waals surface area contributed by atoms with Crippen LogP contribution < -0.4 is 14.8 Å². The van der Waals surface area contributed by atoms with Gasteiger partial charge in [0.1, 0.15) is 18.1 Å². The van der Waals surface area contributed by atoms with Crippen molar-refractivity contribution in [3.05, 3.63) is 54.1 Å². The first-order chi connectivity index (χ1) is 14.6. The molecule has 1 aliphatic heterocycles. The highest BCUT2D eigenvalue weighted by Gasteiger charge is 2.20. The lowest BCUT2D eigenvalue weighted by Gasteiger charge is -2.16. The number of hydrogen-bond donors (Lipinski definition) is 1. The summed E-state index contributed by atoms with van der Waals surface area (Å²) in [6.45, 7) is 5.13. The van der Waals surface area contributed by atoms with Gasteiger partial charge in [-0.25, -0.2) is 4.79 Å². The predicted octanol–water partition coefficient (Wildman–Crippen LogP) is 3.83. The Labute approximate surface area is 176 Å². The minimum absolute atomic E-state index is 0.127. The van der Waals surface area contributed by atoms with Crippen LogP contribution in [0.5, 0.6) is 11.5 Å². The van der Waals surface area contributed by atoms with Gasteiger partial charge in [0.25, 0.3) is 5.91 Å². The van der Waals surface area contributed by atoms with Crippen LogP contribution in [0.3, 0.4) is 0 Å². The Morgan fingerprint density at radius 2 is 1.90 bits per heavy atom. The molecule has 0 radical (unpaired) electrons. The van der Waals surface area contributed by atoms with Crippen LogP contribution in [0.2, 0.25) is 0 Å². The molecule has 7 nitrogen and oxygen atoms in total. The van der Waals surface area contributed by atoms with Crippen molar-refractivity contribution in [2.45, 2.75) is 38.9 Å². The summed E-state index contributed by atoms with van der Waals surface area (Å²) in [5.41, 5.74) is 0.869. The third-order valence-corrected chi connectivity index (χ3v) is 4.65. The number of esters is 1. The number of nitrogens with one attached hydrogen (secondary N) is 1. The molecule has 30 heavy (non-hydrogen) atoms. The van der Waals surface area contributed by atoms with Gasteiger partial charge in [0.15, 0.2) is 6.10 Å². The molecule has 1 saturated heterocycles. The number of carbonyl (C=O) groups excluding carboxylic acids is 2. The molecule has 0 spiro atoms. The molecule has 0 bridgehead atoms. The normalized spacial score (nSPS) is 16.5. The second kappa shape index (κ2) is 10.6. The van der Waals surface area contributed by atoms with Gasteiger partial charge in [-0.2, -0.15) is 0 Å². The van der Waals surface area contributed by atoms with Crippen LogP contribution in [0.1, 0.15) is 37.0 Å². The molecule has 3 rings (SSSR count). The summed E-state index contributed by atoms with van der Waals surface area (Å²) in [7, 11) is 0. The third-order valence-electron chi connectivity index (χ3n) is 4.65. The maximum atomic E-state index is 12.4. The number of amides is 1. The van der Waals surface area contributed by atoms with Crippen molar-refractivity contribution in [2.75, 3.05) is 25.1 Å². The molecule has 1 N–H and O–H groups in total. The Morgan fingerprint density at radius 1 is 1.13 bits per heavy atom. The fourth-order valence-corrected chi connectivity index (χ4v) is 3.02. The van der Waals surface area contributed by atoms with E-state index >= 15 is 0 Å². The number of hydrogen-bond acceptors (Lipinski definition) is 6. The van der Waals surface area contributed by atoms with Crippen molar-refractivity contribution < 1.29 is 28.5 Å².